The molecule has 0 spiro atoms. The number of sulfone groups is 1. The third-order valence-electron chi connectivity index (χ3n) is 1.89. The summed E-state index contributed by atoms with van der Waals surface area (Å²) in [6.45, 7) is 0. The molecule has 1 heterocycles. The molecular formula is C9H6F2N2O3S. The molecule has 17 heavy (non-hydrogen) atoms. The van der Waals surface area contributed by atoms with E-state index in [0.717, 1.165) is 18.4 Å². The Morgan fingerprint density at radius 3 is 2.47 bits per heavy atom. The Morgan fingerprint density at radius 2 is 1.94 bits per heavy atom. The molecular weight excluding hydrogens is 254 g/mol. The van der Waals surface area contributed by atoms with Crippen molar-refractivity contribution in [2.75, 3.05) is 6.26 Å². The maximum absolute atomic E-state index is 13.3. The summed E-state index contributed by atoms with van der Waals surface area (Å²) in [5.74, 6) is -1.98. The van der Waals surface area contributed by atoms with E-state index in [1.165, 1.54) is 0 Å². The molecule has 0 aliphatic heterocycles. The number of halogens is 2. The average Bonchev–Trinajstić information content (AvgIpc) is 2.65. The van der Waals surface area contributed by atoms with Crippen molar-refractivity contribution in [2.45, 2.75) is 5.22 Å². The summed E-state index contributed by atoms with van der Waals surface area (Å²) in [6, 6.07) is 2.73. The third-order valence-corrected chi connectivity index (χ3v) is 2.68. The maximum atomic E-state index is 13.3. The van der Waals surface area contributed by atoms with Crippen LogP contribution in [0.15, 0.2) is 27.8 Å². The zero-order valence-corrected chi connectivity index (χ0v) is 9.33. The molecule has 0 fully saturated rings. The van der Waals surface area contributed by atoms with Crippen LogP contribution in [0.1, 0.15) is 0 Å². The van der Waals surface area contributed by atoms with Crippen LogP contribution in [0.25, 0.3) is 11.5 Å². The van der Waals surface area contributed by atoms with Gasteiger partial charge in [-0.2, -0.15) is 0 Å². The van der Waals surface area contributed by atoms with Gasteiger partial charge in [-0.15, -0.1) is 5.10 Å². The highest BCUT2D eigenvalue weighted by atomic mass is 32.2. The lowest BCUT2D eigenvalue weighted by atomic mass is 10.2. The van der Waals surface area contributed by atoms with Gasteiger partial charge in [-0.25, -0.2) is 17.2 Å². The standard InChI is InChI=1S/C9H6F2N2O3S/c1-17(14,15)9-13-12-8(16-9)6-3-2-5(10)4-7(6)11/h2-4H,1H3. The Bertz CT molecular complexity index is 667. The fourth-order valence-corrected chi connectivity index (χ4v) is 1.55. The van der Waals surface area contributed by atoms with Gasteiger partial charge in [0.1, 0.15) is 11.6 Å². The molecule has 8 heteroatoms. The van der Waals surface area contributed by atoms with Crippen LogP contribution in [-0.4, -0.2) is 24.9 Å². The van der Waals surface area contributed by atoms with Gasteiger partial charge < -0.3 is 4.42 Å². The van der Waals surface area contributed by atoms with Gasteiger partial charge in [0.15, 0.2) is 0 Å². The van der Waals surface area contributed by atoms with Crippen molar-refractivity contribution in [1.29, 1.82) is 0 Å². The summed E-state index contributed by atoms with van der Waals surface area (Å²) in [6.07, 6.45) is 0.880. The normalized spacial score (nSPS) is 11.7. The maximum Gasteiger partial charge on any atom is 0.335 e. The summed E-state index contributed by atoms with van der Waals surface area (Å²) in [4.78, 5) is 0. The molecule has 0 atom stereocenters. The Balaban J connectivity index is 2.51. The summed E-state index contributed by atoms with van der Waals surface area (Å²) < 4.78 is 52.9. The number of benzene rings is 1. The van der Waals surface area contributed by atoms with Gasteiger partial charge in [-0.1, -0.05) is 5.10 Å². The van der Waals surface area contributed by atoms with E-state index in [0.29, 0.717) is 6.07 Å². The van der Waals surface area contributed by atoms with Crippen LogP contribution < -0.4 is 0 Å². The Morgan fingerprint density at radius 1 is 1.24 bits per heavy atom. The lowest BCUT2D eigenvalue weighted by Crippen LogP contribution is -1.96. The average molecular weight is 260 g/mol. The molecule has 0 amide bonds. The lowest BCUT2D eigenvalue weighted by molar-refractivity contribution is 0.439. The molecule has 90 valence electrons. The van der Waals surface area contributed by atoms with Crippen LogP contribution in [0.5, 0.6) is 0 Å². The zero-order chi connectivity index (χ0) is 12.6. The van der Waals surface area contributed by atoms with E-state index < -0.39 is 26.7 Å². The van der Waals surface area contributed by atoms with Crippen LogP contribution >= 0.6 is 0 Å². The van der Waals surface area contributed by atoms with Crippen molar-refractivity contribution < 1.29 is 21.6 Å². The van der Waals surface area contributed by atoms with Gasteiger partial charge in [0.25, 0.3) is 5.89 Å². The molecule has 0 saturated carbocycles. The van der Waals surface area contributed by atoms with E-state index in [1.807, 2.05) is 0 Å². The van der Waals surface area contributed by atoms with Gasteiger partial charge in [0.05, 0.1) is 5.56 Å². The first kappa shape index (κ1) is 11.6. The fraction of sp³-hybridized carbons (Fsp3) is 0.111. The molecule has 0 radical (unpaired) electrons. The van der Waals surface area contributed by atoms with E-state index in [2.05, 4.69) is 10.2 Å². The first-order valence-electron chi connectivity index (χ1n) is 4.37. The highest BCUT2D eigenvalue weighted by molar-refractivity contribution is 7.90. The second-order valence-electron chi connectivity index (χ2n) is 3.27. The number of aromatic nitrogens is 2. The van der Waals surface area contributed by atoms with Crippen LogP contribution in [0.4, 0.5) is 8.78 Å². The van der Waals surface area contributed by atoms with Gasteiger partial charge in [-0.3, -0.25) is 0 Å². The minimum absolute atomic E-state index is 0.159. The minimum Gasteiger partial charge on any atom is -0.408 e. The fourth-order valence-electron chi connectivity index (χ4n) is 1.13. The van der Waals surface area contributed by atoms with Crippen LogP contribution in [0.2, 0.25) is 0 Å². The summed E-state index contributed by atoms with van der Waals surface area (Å²) >= 11 is 0. The summed E-state index contributed by atoms with van der Waals surface area (Å²) in [5, 5.41) is 6.03. The quantitative estimate of drug-likeness (QED) is 0.816. The van der Waals surface area contributed by atoms with Gasteiger partial charge in [0.2, 0.25) is 9.84 Å². The number of hydrogen-bond donors (Lipinski definition) is 0. The van der Waals surface area contributed by atoms with E-state index in [9.17, 15) is 17.2 Å². The molecule has 5 nitrogen and oxygen atoms in total. The summed E-state index contributed by atoms with van der Waals surface area (Å²) in [5.41, 5.74) is -0.159. The van der Waals surface area contributed by atoms with Crippen molar-refractivity contribution in [2.24, 2.45) is 0 Å². The molecule has 2 aromatic rings. The number of hydrogen-bond acceptors (Lipinski definition) is 5. The van der Waals surface area contributed by atoms with Crippen LogP contribution in [-0.2, 0) is 9.84 Å². The minimum atomic E-state index is -3.65. The molecule has 0 unspecified atom stereocenters. The van der Waals surface area contributed by atoms with Crippen molar-refractivity contribution in [1.82, 2.24) is 10.2 Å². The van der Waals surface area contributed by atoms with Crippen molar-refractivity contribution in [3.63, 3.8) is 0 Å². The predicted molar refractivity (Wildman–Crippen MR) is 52.8 cm³/mol. The third kappa shape index (κ3) is 2.31. The molecule has 0 bridgehead atoms. The molecule has 0 N–H and O–H groups in total. The van der Waals surface area contributed by atoms with Gasteiger partial charge in [-0.05, 0) is 12.1 Å². The van der Waals surface area contributed by atoms with Gasteiger partial charge in [0, 0.05) is 12.3 Å². The summed E-state index contributed by atoms with van der Waals surface area (Å²) in [7, 11) is -3.65. The Kier molecular flexibility index (Phi) is 2.66. The first-order chi connectivity index (χ1) is 7.88. The van der Waals surface area contributed by atoms with Crippen molar-refractivity contribution in [3.05, 3.63) is 29.8 Å². The monoisotopic (exact) mass is 260 g/mol. The van der Waals surface area contributed by atoms with E-state index in [4.69, 9.17) is 4.42 Å². The van der Waals surface area contributed by atoms with Gasteiger partial charge >= 0.3 is 5.22 Å². The van der Waals surface area contributed by atoms with Crippen LogP contribution in [0, 0.1) is 11.6 Å². The topological polar surface area (TPSA) is 73.1 Å². The second-order valence-corrected chi connectivity index (χ2v) is 5.16. The zero-order valence-electron chi connectivity index (χ0n) is 8.52. The number of nitrogens with zero attached hydrogens (tertiary/aromatic N) is 2. The molecule has 0 saturated heterocycles. The van der Waals surface area contributed by atoms with E-state index in [-0.39, 0.29) is 11.5 Å². The number of rotatable bonds is 2. The highest BCUT2D eigenvalue weighted by Gasteiger charge is 2.19. The van der Waals surface area contributed by atoms with E-state index >= 15 is 0 Å². The molecule has 1 aromatic carbocycles. The van der Waals surface area contributed by atoms with Crippen molar-refractivity contribution in [3.8, 4) is 11.5 Å². The van der Waals surface area contributed by atoms with Crippen molar-refractivity contribution >= 4 is 9.84 Å². The van der Waals surface area contributed by atoms with E-state index in [1.54, 1.807) is 0 Å². The smallest absolute Gasteiger partial charge is 0.335 e. The highest BCUT2D eigenvalue weighted by Crippen LogP contribution is 2.23. The Labute approximate surface area is 95.0 Å². The largest absolute Gasteiger partial charge is 0.408 e. The SMILES string of the molecule is CS(=O)(=O)c1nnc(-c2ccc(F)cc2F)o1. The molecule has 2 rings (SSSR count). The molecule has 1 aromatic heterocycles. The lowest BCUT2D eigenvalue weighted by Gasteiger charge is -1.96. The van der Waals surface area contributed by atoms with Crippen LogP contribution in [0.3, 0.4) is 0 Å². The molecule has 0 aliphatic rings. The first-order valence-corrected chi connectivity index (χ1v) is 6.26. The predicted octanol–water partition coefficient (Wildman–Crippen LogP) is 1.42. The second kappa shape index (κ2) is 3.88. The molecule has 0 aliphatic carbocycles. The Hall–Kier alpha value is -1.83.